The second-order valence-corrected chi connectivity index (χ2v) is 3.35. The van der Waals surface area contributed by atoms with E-state index in [0.717, 1.165) is 0 Å². The van der Waals surface area contributed by atoms with Gasteiger partial charge in [-0.25, -0.2) is 9.97 Å². The summed E-state index contributed by atoms with van der Waals surface area (Å²) >= 11 is 3.27. The summed E-state index contributed by atoms with van der Waals surface area (Å²) in [5.41, 5.74) is 0.141. The van der Waals surface area contributed by atoms with Crippen molar-refractivity contribution in [3.05, 3.63) is 22.7 Å². The average molecular weight is 220 g/mol. The molecule has 1 unspecified atom stereocenters. The molecule has 0 spiro atoms. The van der Waals surface area contributed by atoms with Crippen molar-refractivity contribution in [2.75, 3.05) is 0 Å². The maximum absolute atomic E-state index is 10.3. The molecule has 0 N–H and O–H groups in total. The Labute approximate surface area is 81.4 Å². The molecule has 0 aromatic carbocycles. The molecule has 0 saturated heterocycles. The number of carbonyl (C=O) groups excluding carboxylic acids is 1. The predicted octanol–water partition coefficient (Wildman–Crippen LogP) is 0.322. The largest absolute Gasteiger partial charge is 0.772 e. The number of aldehydes is 1. The van der Waals surface area contributed by atoms with Gasteiger partial charge in [0.05, 0.1) is 11.3 Å². The fourth-order valence-corrected chi connectivity index (χ4v) is 1.20. The molecule has 0 fully saturated rings. The Balaban J connectivity index is 2.95. The highest BCUT2D eigenvalue weighted by atomic mass is 35.5. The summed E-state index contributed by atoms with van der Waals surface area (Å²) in [5.74, 6) is -0.234. The molecule has 5 nitrogen and oxygen atoms in total. The number of nitrogens with zero attached hydrogens (tertiary/aromatic N) is 2. The third-order valence-corrected chi connectivity index (χ3v) is 1.99. The standard InChI is InChI=1S/C6H5ClN2O3S/c7-6-4(2-10)1-8-5(9-6)3-13(11)12/h1-2H,3H2,(H,11,12)/p-1. The maximum Gasteiger partial charge on any atom is 0.154 e. The molecule has 1 rings (SSSR count). The zero-order valence-electron chi connectivity index (χ0n) is 6.27. The third-order valence-electron chi connectivity index (χ3n) is 1.19. The summed E-state index contributed by atoms with van der Waals surface area (Å²) in [4.78, 5) is 17.5. The highest BCUT2D eigenvalue weighted by Gasteiger charge is 2.03. The molecule has 0 aliphatic carbocycles. The van der Waals surface area contributed by atoms with Crippen LogP contribution in [0, 0.1) is 0 Å². The van der Waals surface area contributed by atoms with E-state index >= 15 is 0 Å². The summed E-state index contributed by atoms with van der Waals surface area (Å²) in [5, 5.41) is -0.0366. The minimum atomic E-state index is -2.26. The van der Waals surface area contributed by atoms with Crippen LogP contribution in [0.4, 0.5) is 0 Å². The van der Waals surface area contributed by atoms with Gasteiger partial charge >= 0.3 is 0 Å². The third kappa shape index (κ3) is 2.83. The molecule has 0 aliphatic rings. The first-order chi connectivity index (χ1) is 6.13. The Hall–Kier alpha value is -0.850. The fourth-order valence-electron chi connectivity index (χ4n) is 0.658. The lowest BCUT2D eigenvalue weighted by Crippen LogP contribution is -2.01. The lowest BCUT2D eigenvalue weighted by atomic mass is 10.4. The van der Waals surface area contributed by atoms with Gasteiger partial charge in [0.25, 0.3) is 0 Å². The van der Waals surface area contributed by atoms with Gasteiger partial charge in [0, 0.05) is 6.20 Å². The molecule has 0 saturated carbocycles. The van der Waals surface area contributed by atoms with Gasteiger partial charge in [-0.15, -0.1) is 0 Å². The molecule has 0 amide bonds. The van der Waals surface area contributed by atoms with E-state index in [4.69, 9.17) is 11.6 Å². The molecule has 0 aliphatic heterocycles. The van der Waals surface area contributed by atoms with Crippen molar-refractivity contribution in [1.29, 1.82) is 0 Å². The molecule has 7 heteroatoms. The molecule has 0 bridgehead atoms. The number of rotatable bonds is 3. The lowest BCUT2D eigenvalue weighted by Gasteiger charge is -2.03. The number of aromatic nitrogens is 2. The van der Waals surface area contributed by atoms with E-state index in [1.54, 1.807) is 0 Å². The van der Waals surface area contributed by atoms with E-state index in [-0.39, 0.29) is 22.3 Å². The van der Waals surface area contributed by atoms with Gasteiger partial charge in [-0.05, 0) is 11.1 Å². The molecular formula is C6H4ClN2O3S-. The number of hydrogen-bond acceptors (Lipinski definition) is 5. The minimum Gasteiger partial charge on any atom is -0.772 e. The number of halogens is 1. The van der Waals surface area contributed by atoms with Crippen molar-refractivity contribution >= 4 is 29.0 Å². The zero-order chi connectivity index (χ0) is 9.84. The summed E-state index contributed by atoms with van der Waals surface area (Å²) in [7, 11) is 0. The first-order valence-electron chi connectivity index (χ1n) is 3.16. The van der Waals surface area contributed by atoms with Gasteiger partial charge in [0.1, 0.15) is 11.0 Å². The Kier molecular flexibility index (Phi) is 3.47. The van der Waals surface area contributed by atoms with E-state index in [1.165, 1.54) is 6.20 Å². The second kappa shape index (κ2) is 4.40. The quantitative estimate of drug-likeness (QED) is 0.415. The normalized spacial score (nSPS) is 12.5. The second-order valence-electron chi connectivity index (χ2n) is 2.10. The monoisotopic (exact) mass is 219 g/mol. The van der Waals surface area contributed by atoms with Crippen LogP contribution in [0.2, 0.25) is 5.15 Å². The lowest BCUT2D eigenvalue weighted by molar-refractivity contribution is 0.112. The van der Waals surface area contributed by atoms with Crippen LogP contribution in [-0.2, 0) is 16.8 Å². The maximum atomic E-state index is 10.3. The van der Waals surface area contributed by atoms with Gasteiger partial charge in [-0.2, -0.15) is 0 Å². The van der Waals surface area contributed by atoms with Gasteiger partial charge in [0.2, 0.25) is 0 Å². The van der Waals surface area contributed by atoms with E-state index < -0.39 is 11.1 Å². The molecule has 13 heavy (non-hydrogen) atoms. The molecule has 0 radical (unpaired) electrons. The average Bonchev–Trinajstić information content (AvgIpc) is 2.03. The molecule has 1 aromatic heterocycles. The highest BCUT2D eigenvalue weighted by molar-refractivity contribution is 7.78. The van der Waals surface area contributed by atoms with E-state index in [0.29, 0.717) is 6.29 Å². The van der Waals surface area contributed by atoms with Crippen molar-refractivity contribution in [2.24, 2.45) is 0 Å². The van der Waals surface area contributed by atoms with E-state index in [1.807, 2.05) is 0 Å². The van der Waals surface area contributed by atoms with Crippen LogP contribution < -0.4 is 0 Å². The van der Waals surface area contributed by atoms with Crippen molar-refractivity contribution < 1.29 is 13.6 Å². The van der Waals surface area contributed by atoms with Crippen LogP contribution >= 0.6 is 11.6 Å². The topological polar surface area (TPSA) is 83.0 Å². The Morgan fingerprint density at radius 2 is 2.38 bits per heavy atom. The number of hydrogen-bond donors (Lipinski definition) is 0. The predicted molar refractivity (Wildman–Crippen MR) is 45.1 cm³/mol. The summed E-state index contributed by atoms with van der Waals surface area (Å²) < 4.78 is 20.5. The molecular weight excluding hydrogens is 216 g/mol. The van der Waals surface area contributed by atoms with Crippen molar-refractivity contribution in [1.82, 2.24) is 9.97 Å². The Bertz CT molecular complexity index is 358. The van der Waals surface area contributed by atoms with Crippen LogP contribution in [0.5, 0.6) is 0 Å². The summed E-state index contributed by atoms with van der Waals surface area (Å²) in [6.45, 7) is 0. The SMILES string of the molecule is O=Cc1cnc(CS(=O)[O-])nc1Cl. The Morgan fingerprint density at radius 1 is 1.69 bits per heavy atom. The minimum absolute atomic E-state index is 0.0366. The summed E-state index contributed by atoms with van der Waals surface area (Å²) in [6.07, 6.45) is 1.69. The molecule has 70 valence electrons. The van der Waals surface area contributed by atoms with Crippen LogP contribution in [0.1, 0.15) is 16.2 Å². The molecule has 1 atom stereocenters. The molecule has 1 aromatic rings. The van der Waals surface area contributed by atoms with Crippen molar-refractivity contribution in [3.8, 4) is 0 Å². The van der Waals surface area contributed by atoms with Crippen LogP contribution in [0.15, 0.2) is 6.20 Å². The Morgan fingerprint density at radius 3 is 2.85 bits per heavy atom. The molecule has 1 heterocycles. The first-order valence-corrected chi connectivity index (χ1v) is 4.78. The zero-order valence-corrected chi connectivity index (χ0v) is 7.84. The van der Waals surface area contributed by atoms with Crippen LogP contribution in [0.3, 0.4) is 0 Å². The van der Waals surface area contributed by atoms with Crippen molar-refractivity contribution in [2.45, 2.75) is 5.75 Å². The van der Waals surface area contributed by atoms with Gasteiger partial charge in [-0.3, -0.25) is 9.00 Å². The highest BCUT2D eigenvalue weighted by Crippen LogP contribution is 2.09. The van der Waals surface area contributed by atoms with E-state index in [2.05, 4.69) is 9.97 Å². The van der Waals surface area contributed by atoms with E-state index in [9.17, 15) is 13.6 Å². The smallest absolute Gasteiger partial charge is 0.154 e. The number of carbonyl (C=O) groups is 1. The summed E-state index contributed by atoms with van der Waals surface area (Å²) in [6, 6.07) is 0. The van der Waals surface area contributed by atoms with Gasteiger partial charge in [-0.1, -0.05) is 11.6 Å². The van der Waals surface area contributed by atoms with Gasteiger partial charge in [0.15, 0.2) is 6.29 Å². The first kappa shape index (κ1) is 10.2. The van der Waals surface area contributed by atoms with Crippen LogP contribution in [-0.4, -0.2) is 25.0 Å². The van der Waals surface area contributed by atoms with Gasteiger partial charge < -0.3 is 4.55 Å². The van der Waals surface area contributed by atoms with Crippen LogP contribution in [0.25, 0.3) is 0 Å². The van der Waals surface area contributed by atoms with Crippen molar-refractivity contribution in [3.63, 3.8) is 0 Å². The fraction of sp³-hybridized carbons (Fsp3) is 0.167.